The number of hydrogen-bond donors (Lipinski definition) is 3. The largest absolute Gasteiger partial charge is 0.390 e. The van der Waals surface area contributed by atoms with Crippen LogP contribution < -0.4 is 16.7 Å². The van der Waals surface area contributed by atoms with Gasteiger partial charge in [-0.05, 0) is 57.2 Å². The van der Waals surface area contributed by atoms with Crippen molar-refractivity contribution in [2.45, 2.75) is 51.2 Å². The lowest BCUT2D eigenvalue weighted by molar-refractivity contribution is 0.00388. The maximum atomic E-state index is 14.2. The highest BCUT2D eigenvalue weighted by Gasteiger charge is 2.33. The van der Waals surface area contributed by atoms with Crippen LogP contribution in [0.25, 0.3) is 11.2 Å². The number of fused-ring (bicyclic) bond motifs is 1. The molecule has 1 saturated carbocycles. The van der Waals surface area contributed by atoms with Crippen molar-refractivity contribution in [3.05, 3.63) is 45.8 Å². The van der Waals surface area contributed by atoms with Gasteiger partial charge in [0.2, 0.25) is 5.95 Å². The maximum Gasteiger partial charge on any atom is 0.330 e. The summed E-state index contributed by atoms with van der Waals surface area (Å²) in [6, 6.07) is 2.34. The number of imidazole rings is 1. The zero-order chi connectivity index (χ0) is 22.5. The molecular formula is C21H25FN6O3. The molecule has 1 fully saturated rings. The molecule has 9 nitrogen and oxygen atoms in total. The Kier molecular flexibility index (Phi) is 5.04. The van der Waals surface area contributed by atoms with Crippen molar-refractivity contribution in [2.75, 3.05) is 5.32 Å². The third-order valence-corrected chi connectivity index (χ3v) is 5.95. The quantitative estimate of drug-likeness (QED) is 0.585. The number of amides is 1. The summed E-state index contributed by atoms with van der Waals surface area (Å²) in [6.07, 6.45) is 4.25. The second-order valence-corrected chi connectivity index (χ2v) is 8.50. The van der Waals surface area contributed by atoms with Crippen molar-refractivity contribution >= 4 is 28.7 Å². The predicted molar refractivity (Wildman–Crippen MR) is 114 cm³/mol. The van der Waals surface area contributed by atoms with Crippen LogP contribution in [0.1, 0.15) is 54.6 Å². The van der Waals surface area contributed by atoms with Gasteiger partial charge in [-0.25, -0.2) is 14.2 Å². The molecule has 0 bridgehead atoms. The molecule has 1 aliphatic carbocycles. The number of nitrogens with two attached hydrogens (primary N) is 1. The summed E-state index contributed by atoms with van der Waals surface area (Å²) in [6.45, 7) is 3.49. The van der Waals surface area contributed by atoms with Crippen molar-refractivity contribution in [3.63, 3.8) is 0 Å². The highest BCUT2D eigenvalue weighted by atomic mass is 19.1. The Labute approximate surface area is 177 Å². The number of rotatable bonds is 4. The van der Waals surface area contributed by atoms with E-state index in [2.05, 4.69) is 15.3 Å². The fourth-order valence-electron chi connectivity index (χ4n) is 4.30. The molecular weight excluding hydrogens is 403 g/mol. The van der Waals surface area contributed by atoms with Crippen molar-refractivity contribution in [2.24, 2.45) is 12.8 Å². The number of nitrogens with one attached hydrogen (secondary N) is 1. The standard InChI is InChI=1S/C21H25FN6O3/c1-11-7-13(17(23)29)14(22)8-15(11)25-19-24-10-16-18(26-19)28(20(30)27(16)3)12-5-4-6-21(2,31)9-12/h7-8,10,12,31H,4-6,9H2,1-3H3,(H2,23,29)(H,24,25,26). The van der Waals surface area contributed by atoms with Gasteiger partial charge < -0.3 is 16.2 Å². The number of anilines is 2. The van der Waals surface area contributed by atoms with Crippen LogP contribution in [-0.2, 0) is 7.05 Å². The number of aliphatic hydroxyl groups is 1. The molecule has 164 valence electrons. The van der Waals surface area contributed by atoms with Gasteiger partial charge in [-0.1, -0.05) is 0 Å². The van der Waals surface area contributed by atoms with Gasteiger partial charge in [0.1, 0.15) is 11.3 Å². The van der Waals surface area contributed by atoms with Crippen LogP contribution in [0.15, 0.2) is 23.1 Å². The minimum Gasteiger partial charge on any atom is -0.390 e. The number of aryl methyl sites for hydroxylation is 2. The molecule has 0 saturated heterocycles. The number of aromatic nitrogens is 4. The molecule has 2 heterocycles. The number of hydrogen-bond acceptors (Lipinski definition) is 6. The summed E-state index contributed by atoms with van der Waals surface area (Å²) in [4.78, 5) is 33.1. The molecule has 4 rings (SSSR count). The van der Waals surface area contributed by atoms with Crippen LogP contribution in [0.5, 0.6) is 0 Å². The minimum absolute atomic E-state index is 0.184. The molecule has 31 heavy (non-hydrogen) atoms. The molecule has 0 aliphatic heterocycles. The Morgan fingerprint density at radius 1 is 1.42 bits per heavy atom. The summed E-state index contributed by atoms with van der Waals surface area (Å²) in [5.74, 6) is -1.41. The zero-order valence-electron chi connectivity index (χ0n) is 17.6. The molecule has 2 aromatic heterocycles. The summed E-state index contributed by atoms with van der Waals surface area (Å²) in [5, 5.41) is 13.5. The van der Waals surface area contributed by atoms with E-state index in [4.69, 9.17) is 5.73 Å². The Bertz CT molecular complexity index is 1250. The van der Waals surface area contributed by atoms with Gasteiger partial charge in [-0.2, -0.15) is 4.98 Å². The van der Waals surface area contributed by atoms with Gasteiger partial charge in [0, 0.05) is 18.8 Å². The van der Waals surface area contributed by atoms with Crippen LogP contribution >= 0.6 is 0 Å². The van der Waals surface area contributed by atoms with Crippen LogP contribution in [0.3, 0.4) is 0 Å². The Balaban J connectivity index is 1.76. The zero-order valence-corrected chi connectivity index (χ0v) is 17.6. The average molecular weight is 428 g/mol. The average Bonchev–Trinajstić information content (AvgIpc) is 2.93. The first-order chi connectivity index (χ1) is 14.6. The van der Waals surface area contributed by atoms with E-state index in [0.29, 0.717) is 35.3 Å². The lowest BCUT2D eigenvalue weighted by atomic mass is 9.83. The number of carbonyl (C=O) groups is 1. The Morgan fingerprint density at radius 3 is 2.84 bits per heavy atom. The van der Waals surface area contributed by atoms with E-state index in [1.165, 1.54) is 22.9 Å². The van der Waals surface area contributed by atoms with Gasteiger partial charge in [0.15, 0.2) is 5.65 Å². The van der Waals surface area contributed by atoms with Gasteiger partial charge >= 0.3 is 5.69 Å². The number of primary amides is 1. The lowest BCUT2D eigenvalue weighted by Gasteiger charge is -2.34. The first-order valence-corrected chi connectivity index (χ1v) is 10.1. The lowest BCUT2D eigenvalue weighted by Crippen LogP contribution is -2.36. The predicted octanol–water partition coefficient (Wildman–Crippen LogP) is 2.29. The molecule has 0 radical (unpaired) electrons. The van der Waals surface area contributed by atoms with E-state index in [0.717, 1.165) is 12.8 Å². The number of halogens is 1. The number of carbonyl (C=O) groups excluding carboxylic acids is 1. The van der Waals surface area contributed by atoms with E-state index in [1.54, 1.807) is 25.5 Å². The third kappa shape index (κ3) is 3.78. The first-order valence-electron chi connectivity index (χ1n) is 10.1. The summed E-state index contributed by atoms with van der Waals surface area (Å²) in [5.41, 5.74) is 5.92. The SMILES string of the molecule is Cc1cc(C(N)=O)c(F)cc1Nc1ncc2c(n1)n(C1CCCC(C)(O)C1)c(=O)n2C. The van der Waals surface area contributed by atoms with Crippen LogP contribution in [0.2, 0.25) is 0 Å². The first kappa shape index (κ1) is 21.0. The van der Waals surface area contributed by atoms with Gasteiger partial charge in [-0.15, -0.1) is 0 Å². The minimum atomic E-state index is -0.846. The molecule has 1 amide bonds. The van der Waals surface area contributed by atoms with Gasteiger partial charge in [0.25, 0.3) is 5.91 Å². The summed E-state index contributed by atoms with van der Waals surface area (Å²) in [7, 11) is 1.65. The van der Waals surface area contributed by atoms with Crippen LogP contribution in [0.4, 0.5) is 16.0 Å². The van der Waals surface area contributed by atoms with Crippen molar-refractivity contribution in [1.82, 2.24) is 19.1 Å². The second-order valence-electron chi connectivity index (χ2n) is 8.50. The van der Waals surface area contributed by atoms with E-state index in [-0.39, 0.29) is 23.2 Å². The highest BCUT2D eigenvalue weighted by molar-refractivity contribution is 5.94. The van der Waals surface area contributed by atoms with E-state index in [1.807, 2.05) is 0 Å². The summed E-state index contributed by atoms with van der Waals surface area (Å²) >= 11 is 0. The smallest absolute Gasteiger partial charge is 0.330 e. The molecule has 0 spiro atoms. The molecule has 3 aromatic rings. The number of benzene rings is 1. The summed E-state index contributed by atoms with van der Waals surface area (Å²) < 4.78 is 17.3. The van der Waals surface area contributed by atoms with E-state index < -0.39 is 17.3 Å². The topological polar surface area (TPSA) is 128 Å². The van der Waals surface area contributed by atoms with Crippen molar-refractivity contribution in [1.29, 1.82) is 0 Å². The van der Waals surface area contributed by atoms with Crippen LogP contribution in [0, 0.1) is 12.7 Å². The Morgan fingerprint density at radius 2 is 2.16 bits per heavy atom. The second kappa shape index (κ2) is 7.45. The maximum absolute atomic E-state index is 14.2. The number of nitrogens with zero attached hydrogens (tertiary/aromatic N) is 4. The fourth-order valence-corrected chi connectivity index (χ4v) is 4.30. The third-order valence-electron chi connectivity index (χ3n) is 5.95. The molecule has 2 unspecified atom stereocenters. The molecule has 1 aliphatic rings. The fraction of sp³-hybridized carbons (Fsp3) is 0.429. The van der Waals surface area contributed by atoms with Gasteiger partial charge in [-0.3, -0.25) is 13.9 Å². The monoisotopic (exact) mass is 428 g/mol. The van der Waals surface area contributed by atoms with Crippen molar-refractivity contribution in [3.8, 4) is 0 Å². The van der Waals surface area contributed by atoms with Gasteiger partial charge in [0.05, 0.1) is 17.4 Å². The van der Waals surface area contributed by atoms with Crippen molar-refractivity contribution < 1.29 is 14.3 Å². The Hall–Kier alpha value is -3.27. The molecule has 4 N–H and O–H groups in total. The molecule has 2 atom stereocenters. The molecule has 1 aromatic carbocycles. The highest BCUT2D eigenvalue weighted by Crippen LogP contribution is 2.36. The molecule has 10 heteroatoms. The van der Waals surface area contributed by atoms with Crippen LogP contribution in [-0.4, -0.2) is 35.7 Å². The normalized spacial score (nSPS) is 21.4. The van der Waals surface area contributed by atoms with E-state index in [9.17, 15) is 19.1 Å². The van der Waals surface area contributed by atoms with E-state index >= 15 is 0 Å².